The van der Waals surface area contributed by atoms with Gasteiger partial charge in [0.2, 0.25) is 0 Å². The van der Waals surface area contributed by atoms with Gasteiger partial charge in [-0.2, -0.15) is 4.57 Å². The summed E-state index contributed by atoms with van der Waals surface area (Å²) in [6, 6.07) is 15.1. The molecule has 0 atom stereocenters. The Labute approximate surface area is 117 Å². The van der Waals surface area contributed by atoms with Gasteiger partial charge in [0.1, 0.15) is 0 Å². The van der Waals surface area contributed by atoms with Crippen molar-refractivity contribution in [3.63, 3.8) is 0 Å². The van der Waals surface area contributed by atoms with Crippen molar-refractivity contribution < 1.29 is 29.7 Å². The maximum atomic E-state index is 9.87. The second kappa shape index (κ2) is 4.44. The Morgan fingerprint density at radius 2 is 1.29 bits per heavy atom. The third kappa shape index (κ3) is 6.12. The average molecular weight is 327 g/mol. The third-order valence-corrected chi connectivity index (χ3v) is 2.87. The zero-order valence-electron chi connectivity index (χ0n) is 10.7. The third-order valence-electron chi connectivity index (χ3n) is 2.87. The molecule has 0 unspecified atom stereocenters. The van der Waals surface area contributed by atoms with Crippen molar-refractivity contribution in [2.45, 2.75) is 13.0 Å². The van der Waals surface area contributed by atoms with Crippen LogP contribution in [-0.4, -0.2) is 0 Å². The zero-order chi connectivity index (χ0) is 15.8. The molecule has 1 aromatic heterocycles. The summed E-state index contributed by atoms with van der Waals surface area (Å²) in [6.07, 6.45) is 3.22. The quantitative estimate of drug-likeness (QED) is 0.299. The summed E-state index contributed by atoms with van der Waals surface area (Å²) in [4.78, 5) is 0. The minimum absolute atomic E-state index is 1.02. The van der Waals surface area contributed by atoms with Gasteiger partial charge in [-0.1, -0.05) is 30.3 Å². The normalized spacial score (nSPS) is 16.5. The molecule has 1 aromatic carbocycles. The standard InChI is InChI=1S/C13H12N.F6P/c1-2-6-12-10-14-8-4-3-7-13(14)9-11(12)5-1;1-7(2,3,4,5)6/h1-8H,9-10H2;/q+1;-1. The van der Waals surface area contributed by atoms with Crippen molar-refractivity contribution >= 4 is 7.81 Å². The summed E-state index contributed by atoms with van der Waals surface area (Å²) >= 11 is 0. The smallest absolute Gasteiger partial charge is 0.186 e. The van der Waals surface area contributed by atoms with E-state index in [1.165, 1.54) is 16.8 Å². The molecule has 1 nitrogen and oxygen atoms in total. The topological polar surface area (TPSA) is 3.88 Å². The summed E-state index contributed by atoms with van der Waals surface area (Å²) < 4.78 is 61.5. The van der Waals surface area contributed by atoms with E-state index in [0.717, 1.165) is 13.0 Å². The first kappa shape index (κ1) is 15.8. The minimum atomic E-state index is -10.7. The summed E-state index contributed by atoms with van der Waals surface area (Å²) in [5.41, 5.74) is 4.33. The van der Waals surface area contributed by atoms with Gasteiger partial charge in [-0.15, -0.1) is 0 Å². The fraction of sp³-hybridized carbons (Fsp3) is 0.154. The Hall–Kier alpha value is -1.62. The second-order valence-electron chi connectivity index (χ2n) is 4.72. The van der Waals surface area contributed by atoms with E-state index in [-0.39, 0.29) is 0 Å². The average Bonchev–Trinajstić information content (AvgIpc) is 2.32. The monoisotopic (exact) mass is 327 g/mol. The first-order valence-electron chi connectivity index (χ1n) is 5.99. The summed E-state index contributed by atoms with van der Waals surface area (Å²) in [7, 11) is -10.7. The predicted molar refractivity (Wildman–Crippen MR) is 68.6 cm³/mol. The van der Waals surface area contributed by atoms with E-state index in [1.807, 2.05) is 0 Å². The van der Waals surface area contributed by atoms with Gasteiger partial charge < -0.3 is 0 Å². The Morgan fingerprint density at radius 3 is 1.90 bits per heavy atom. The number of halogens is 6. The molecule has 1 aliphatic rings. The molecule has 2 heterocycles. The molecule has 0 N–H and O–H groups in total. The largest absolute Gasteiger partial charge is 0.198 e. The number of pyridine rings is 1. The maximum absolute atomic E-state index is 10.7. The second-order valence-corrected chi connectivity index (χ2v) is 6.64. The molecule has 0 saturated heterocycles. The van der Waals surface area contributed by atoms with Crippen LogP contribution in [0.3, 0.4) is 0 Å². The number of fused-ring (bicyclic) bond motifs is 2. The SMILES string of the molecule is F[P-](F)(F)(F)(F)F.c1ccc2c(c1)Cc1cccc[n+]1C2. The minimum Gasteiger partial charge on any atom is -0.198 e. The molecule has 2 aromatic rings. The fourth-order valence-corrected chi connectivity index (χ4v) is 2.09. The van der Waals surface area contributed by atoms with E-state index in [4.69, 9.17) is 0 Å². The van der Waals surface area contributed by atoms with Crippen molar-refractivity contribution in [3.8, 4) is 0 Å². The Bertz CT molecular complexity index is 566. The molecule has 21 heavy (non-hydrogen) atoms. The number of nitrogens with zero attached hydrogens (tertiary/aromatic N) is 1. The zero-order valence-corrected chi connectivity index (χ0v) is 11.6. The van der Waals surface area contributed by atoms with Crippen LogP contribution < -0.4 is 4.57 Å². The van der Waals surface area contributed by atoms with E-state index in [0.29, 0.717) is 0 Å². The number of benzene rings is 1. The number of hydrogen-bond donors (Lipinski definition) is 0. The summed E-state index contributed by atoms with van der Waals surface area (Å²) in [6.45, 7) is 1.02. The van der Waals surface area contributed by atoms with Gasteiger partial charge in [-0.25, -0.2) is 0 Å². The van der Waals surface area contributed by atoms with Crippen LogP contribution in [0.2, 0.25) is 0 Å². The van der Waals surface area contributed by atoms with E-state index >= 15 is 0 Å². The Morgan fingerprint density at radius 1 is 0.762 bits per heavy atom. The first-order valence-corrected chi connectivity index (χ1v) is 8.02. The number of rotatable bonds is 0. The van der Waals surface area contributed by atoms with Crippen LogP contribution in [0.5, 0.6) is 0 Å². The summed E-state index contributed by atoms with van der Waals surface area (Å²) in [5.74, 6) is 0. The molecule has 0 radical (unpaired) electrons. The molecule has 8 heteroatoms. The Kier molecular flexibility index (Phi) is 3.33. The van der Waals surface area contributed by atoms with Gasteiger partial charge in [0.25, 0.3) is 0 Å². The van der Waals surface area contributed by atoms with Crippen LogP contribution in [0.25, 0.3) is 0 Å². The number of aromatic nitrogens is 1. The fourth-order valence-electron chi connectivity index (χ4n) is 2.09. The van der Waals surface area contributed by atoms with Crippen molar-refractivity contribution in [1.82, 2.24) is 0 Å². The molecule has 116 valence electrons. The van der Waals surface area contributed by atoms with Gasteiger partial charge in [0.05, 0.1) is 6.42 Å². The van der Waals surface area contributed by atoms with Crippen LogP contribution in [0.4, 0.5) is 25.2 Å². The van der Waals surface area contributed by atoms with Gasteiger partial charge >= 0.3 is 33.0 Å². The van der Waals surface area contributed by atoms with Crippen molar-refractivity contribution in [2.24, 2.45) is 0 Å². The van der Waals surface area contributed by atoms with Gasteiger partial charge in [-0.05, 0) is 5.56 Å². The molecular formula is C13H12F6NP. The van der Waals surface area contributed by atoms with Gasteiger partial charge in [-0.3, -0.25) is 0 Å². The van der Waals surface area contributed by atoms with Crippen molar-refractivity contribution in [2.75, 3.05) is 0 Å². The summed E-state index contributed by atoms with van der Waals surface area (Å²) in [5, 5.41) is 0. The Balaban J connectivity index is 0.000000199. The molecule has 0 spiro atoms. The van der Waals surface area contributed by atoms with E-state index in [1.54, 1.807) is 0 Å². The van der Waals surface area contributed by atoms with Crippen molar-refractivity contribution in [1.29, 1.82) is 0 Å². The molecule has 1 aliphatic heterocycles. The van der Waals surface area contributed by atoms with E-state index in [2.05, 4.69) is 53.2 Å². The van der Waals surface area contributed by atoms with E-state index in [9.17, 15) is 25.2 Å². The van der Waals surface area contributed by atoms with Crippen LogP contribution >= 0.6 is 7.81 Å². The van der Waals surface area contributed by atoms with Gasteiger partial charge in [0.15, 0.2) is 18.4 Å². The molecule has 0 bridgehead atoms. The molecule has 0 aliphatic carbocycles. The van der Waals surface area contributed by atoms with Crippen LogP contribution in [0.15, 0.2) is 48.7 Å². The molecule has 3 rings (SSSR count). The molecule has 0 amide bonds. The van der Waals surface area contributed by atoms with Crippen LogP contribution in [0, 0.1) is 0 Å². The van der Waals surface area contributed by atoms with Crippen LogP contribution in [-0.2, 0) is 13.0 Å². The molecular weight excluding hydrogens is 315 g/mol. The van der Waals surface area contributed by atoms with Crippen LogP contribution in [0.1, 0.15) is 16.8 Å². The maximum Gasteiger partial charge on any atom is 0.186 e. The predicted octanol–water partition coefficient (Wildman–Crippen LogP) is 5.31. The van der Waals surface area contributed by atoms with Crippen molar-refractivity contribution in [3.05, 3.63) is 65.5 Å². The van der Waals surface area contributed by atoms with E-state index < -0.39 is 7.81 Å². The molecule has 0 fully saturated rings. The van der Waals surface area contributed by atoms with Gasteiger partial charge in [0, 0.05) is 17.7 Å². The first-order chi connectivity index (χ1) is 9.38. The number of hydrogen-bond acceptors (Lipinski definition) is 0. The molecule has 0 saturated carbocycles.